The van der Waals surface area contributed by atoms with Crippen LogP contribution in [-0.2, 0) is 14.8 Å². The van der Waals surface area contributed by atoms with Crippen molar-refractivity contribution in [3.8, 4) is 0 Å². The molecule has 1 aromatic carbocycles. The highest BCUT2D eigenvalue weighted by Crippen LogP contribution is 2.28. The van der Waals surface area contributed by atoms with Crippen LogP contribution in [0.3, 0.4) is 0 Å². The fourth-order valence-corrected chi connectivity index (χ4v) is 3.95. The Kier molecular flexibility index (Phi) is 4.01. The zero-order chi connectivity index (χ0) is 15.1. The number of nitrogens with zero attached hydrogens (tertiary/aromatic N) is 1. The van der Waals surface area contributed by atoms with Crippen molar-refractivity contribution in [2.75, 3.05) is 6.54 Å². The minimum atomic E-state index is -4.16. The smallest absolute Gasteiger partial charge is 0.322 e. The minimum absolute atomic E-state index is 0.191. The monoisotopic (exact) mass is 323 g/mol. The van der Waals surface area contributed by atoms with Gasteiger partial charge in [-0.05, 0) is 18.2 Å². The summed E-state index contributed by atoms with van der Waals surface area (Å²) in [5, 5.41) is 18.1. The number of aliphatic carboxylic acids is 1. The van der Waals surface area contributed by atoms with Gasteiger partial charge in [0.05, 0.1) is 16.0 Å². The summed E-state index contributed by atoms with van der Waals surface area (Å²) in [5.41, 5.74) is 0. The average molecular weight is 324 g/mol. The van der Waals surface area contributed by atoms with E-state index in [1.807, 2.05) is 0 Å². The molecule has 1 aliphatic rings. The Morgan fingerprint density at radius 1 is 1.45 bits per heavy atom. The molecule has 1 aliphatic heterocycles. The Morgan fingerprint density at radius 3 is 2.65 bits per heavy atom. The maximum Gasteiger partial charge on any atom is 0.322 e. The SMILES string of the molecule is O=C(O)[C@@H]1C[C@@H](O)CN1S(=O)(=O)c1ccc(F)c(Cl)c1. The summed E-state index contributed by atoms with van der Waals surface area (Å²) in [6.45, 7) is -0.325. The molecule has 2 atom stereocenters. The Balaban J connectivity index is 2.43. The molecule has 0 saturated carbocycles. The molecule has 1 fully saturated rings. The summed E-state index contributed by atoms with van der Waals surface area (Å²) in [6.07, 6.45) is -1.24. The number of aliphatic hydroxyl groups is 1. The van der Waals surface area contributed by atoms with E-state index in [2.05, 4.69) is 0 Å². The minimum Gasteiger partial charge on any atom is -0.480 e. The number of halogens is 2. The van der Waals surface area contributed by atoms with Crippen molar-refractivity contribution in [3.05, 3.63) is 29.0 Å². The van der Waals surface area contributed by atoms with E-state index in [1.54, 1.807) is 0 Å². The lowest BCUT2D eigenvalue weighted by atomic mass is 10.2. The van der Waals surface area contributed by atoms with Crippen molar-refractivity contribution in [1.82, 2.24) is 4.31 Å². The van der Waals surface area contributed by atoms with Crippen LogP contribution in [0.15, 0.2) is 23.1 Å². The third kappa shape index (κ3) is 2.64. The molecular formula is C11H11ClFNO5S. The summed E-state index contributed by atoms with van der Waals surface area (Å²) in [7, 11) is -4.16. The number of hydrogen-bond donors (Lipinski definition) is 2. The number of carboxylic acids is 1. The summed E-state index contributed by atoms with van der Waals surface area (Å²) in [6, 6.07) is 1.45. The third-order valence-corrected chi connectivity index (χ3v) is 5.18. The zero-order valence-electron chi connectivity index (χ0n) is 10.0. The molecule has 0 bridgehead atoms. The summed E-state index contributed by atoms with van der Waals surface area (Å²) in [5.74, 6) is -2.12. The van der Waals surface area contributed by atoms with Gasteiger partial charge in [0.2, 0.25) is 10.0 Å². The van der Waals surface area contributed by atoms with Crippen molar-refractivity contribution in [1.29, 1.82) is 0 Å². The Hall–Kier alpha value is -1.22. The number of carbonyl (C=O) groups is 1. The third-order valence-electron chi connectivity index (χ3n) is 3.02. The van der Waals surface area contributed by atoms with Crippen LogP contribution < -0.4 is 0 Å². The molecule has 1 heterocycles. The van der Waals surface area contributed by atoms with Gasteiger partial charge in [-0.15, -0.1) is 0 Å². The van der Waals surface area contributed by atoms with E-state index < -0.39 is 34.0 Å². The molecule has 2 N–H and O–H groups in total. The van der Waals surface area contributed by atoms with E-state index in [0.717, 1.165) is 18.2 Å². The number of rotatable bonds is 3. The van der Waals surface area contributed by atoms with Crippen LogP contribution >= 0.6 is 11.6 Å². The maximum atomic E-state index is 13.1. The molecule has 0 aromatic heterocycles. The van der Waals surface area contributed by atoms with Crippen molar-refractivity contribution in [3.63, 3.8) is 0 Å². The molecule has 0 radical (unpaired) electrons. The number of sulfonamides is 1. The second-order valence-electron chi connectivity index (χ2n) is 4.39. The number of β-amino-alcohol motifs (C(OH)–C–C–N with tert-alkyl or cyclic N) is 1. The lowest BCUT2D eigenvalue weighted by Crippen LogP contribution is -2.40. The highest BCUT2D eigenvalue weighted by molar-refractivity contribution is 7.89. The Labute approximate surface area is 119 Å². The van der Waals surface area contributed by atoms with Gasteiger partial charge in [-0.2, -0.15) is 4.31 Å². The van der Waals surface area contributed by atoms with Gasteiger partial charge in [0.1, 0.15) is 11.9 Å². The van der Waals surface area contributed by atoms with Crippen LogP contribution in [0.1, 0.15) is 6.42 Å². The summed E-state index contributed by atoms with van der Waals surface area (Å²) < 4.78 is 38.4. The van der Waals surface area contributed by atoms with E-state index in [4.69, 9.17) is 16.7 Å². The van der Waals surface area contributed by atoms with Gasteiger partial charge >= 0.3 is 5.97 Å². The molecular weight excluding hydrogens is 313 g/mol. The molecule has 0 spiro atoms. The number of benzene rings is 1. The molecule has 0 unspecified atom stereocenters. The molecule has 110 valence electrons. The quantitative estimate of drug-likeness (QED) is 0.853. The number of hydrogen-bond acceptors (Lipinski definition) is 4. The van der Waals surface area contributed by atoms with E-state index in [1.165, 1.54) is 0 Å². The predicted octanol–water partition coefficient (Wildman–Crippen LogP) is 0.688. The van der Waals surface area contributed by atoms with Crippen LogP contribution in [0.2, 0.25) is 5.02 Å². The van der Waals surface area contributed by atoms with Gasteiger partial charge in [0, 0.05) is 13.0 Å². The van der Waals surface area contributed by atoms with Gasteiger partial charge in [-0.25, -0.2) is 12.8 Å². The largest absolute Gasteiger partial charge is 0.480 e. The Bertz CT molecular complexity index is 650. The van der Waals surface area contributed by atoms with Crippen molar-refractivity contribution in [2.24, 2.45) is 0 Å². The normalized spacial score (nSPS) is 23.9. The van der Waals surface area contributed by atoms with Gasteiger partial charge in [-0.1, -0.05) is 11.6 Å². The molecule has 0 aliphatic carbocycles. The van der Waals surface area contributed by atoms with Crippen LogP contribution in [-0.4, -0.2) is 47.6 Å². The van der Waals surface area contributed by atoms with Crippen molar-refractivity contribution >= 4 is 27.6 Å². The molecule has 0 amide bonds. The summed E-state index contributed by atoms with van der Waals surface area (Å²) >= 11 is 5.53. The molecule has 2 rings (SSSR count). The van der Waals surface area contributed by atoms with Crippen LogP contribution in [0, 0.1) is 5.82 Å². The second kappa shape index (κ2) is 5.28. The molecule has 1 aromatic rings. The highest BCUT2D eigenvalue weighted by atomic mass is 35.5. The van der Waals surface area contributed by atoms with Gasteiger partial charge in [-0.3, -0.25) is 4.79 Å². The van der Waals surface area contributed by atoms with Gasteiger partial charge in [0.15, 0.2) is 0 Å². The van der Waals surface area contributed by atoms with Crippen molar-refractivity contribution in [2.45, 2.75) is 23.5 Å². The van der Waals surface area contributed by atoms with Crippen molar-refractivity contribution < 1.29 is 27.8 Å². The van der Waals surface area contributed by atoms with E-state index >= 15 is 0 Å². The zero-order valence-corrected chi connectivity index (χ0v) is 11.6. The molecule has 6 nitrogen and oxygen atoms in total. The maximum absolute atomic E-state index is 13.1. The van der Waals surface area contributed by atoms with E-state index in [9.17, 15) is 22.7 Å². The summed E-state index contributed by atoms with van der Waals surface area (Å²) in [4.78, 5) is 10.7. The molecule has 9 heteroatoms. The predicted molar refractivity (Wildman–Crippen MR) is 67.3 cm³/mol. The van der Waals surface area contributed by atoms with E-state index in [0.29, 0.717) is 4.31 Å². The lowest BCUT2D eigenvalue weighted by molar-refractivity contribution is -0.140. The first-order valence-electron chi connectivity index (χ1n) is 5.61. The topological polar surface area (TPSA) is 94.9 Å². The van der Waals surface area contributed by atoms with E-state index in [-0.39, 0.29) is 22.9 Å². The fraction of sp³-hybridized carbons (Fsp3) is 0.364. The highest BCUT2D eigenvalue weighted by Gasteiger charge is 2.43. The van der Waals surface area contributed by atoms with Crippen LogP contribution in [0.4, 0.5) is 4.39 Å². The van der Waals surface area contributed by atoms with Gasteiger partial charge < -0.3 is 10.2 Å². The molecule has 1 saturated heterocycles. The first-order valence-corrected chi connectivity index (χ1v) is 7.43. The Morgan fingerprint density at radius 2 is 2.10 bits per heavy atom. The van der Waals surface area contributed by atoms with Crippen LogP contribution in [0.5, 0.6) is 0 Å². The molecule has 20 heavy (non-hydrogen) atoms. The standard InChI is InChI=1S/C11H11ClFNO5S/c12-8-4-7(1-2-9(8)13)20(18,19)14-5-6(15)3-10(14)11(16)17/h1-2,4,6,10,15H,3,5H2,(H,16,17)/t6-,10+/m1/s1. The second-order valence-corrected chi connectivity index (χ2v) is 6.69. The average Bonchev–Trinajstić information content (AvgIpc) is 2.75. The first-order chi connectivity index (χ1) is 9.23. The fourth-order valence-electron chi connectivity index (χ4n) is 2.05. The van der Waals surface area contributed by atoms with Gasteiger partial charge in [0.25, 0.3) is 0 Å². The lowest BCUT2D eigenvalue weighted by Gasteiger charge is -2.20. The number of aliphatic hydroxyl groups excluding tert-OH is 1. The first kappa shape index (κ1) is 15.2. The van der Waals surface area contributed by atoms with Crippen LogP contribution in [0.25, 0.3) is 0 Å². The number of carboxylic acid groups (broad SMARTS) is 1.